The van der Waals surface area contributed by atoms with Crippen LogP contribution in [0.4, 0.5) is 0 Å². The van der Waals surface area contributed by atoms with Gasteiger partial charge in [-0.15, -0.1) is 0 Å². The summed E-state index contributed by atoms with van der Waals surface area (Å²) in [5, 5.41) is 60.8. The minimum Gasteiger partial charge on any atom is -0.761 e. The van der Waals surface area contributed by atoms with Crippen molar-refractivity contribution in [1.82, 2.24) is 0 Å². The SMILES string of the molecule is O=C([S-])C(=O)[S-].O=C([S-])C(=O)[S-].OC([S-])C(O)[S-].OC([S-])C(O)[S-].OC([S-])C(O)[S-].OC([S-])C(O)[S-].[Ni].[Ni].[Ni].[OH3+].[OH3+].[OH3+].[OH3+].[OH3+].[OH3+].[OH3+].[OH3+].[Yb].[Yb]. The number of carbonyl (C=O) groups is 4. The van der Waals surface area contributed by atoms with Crippen LogP contribution in [0.1, 0.15) is 0 Å². The van der Waals surface area contributed by atoms with Crippen LogP contribution in [-0.2, 0) is 264 Å². The normalized spacial score (nSPS) is 11.6. The Morgan fingerprint density at radius 3 is 0.327 bits per heavy atom. The first kappa shape index (κ1) is 124. The molecule has 0 aliphatic carbocycles. The summed E-state index contributed by atoms with van der Waals surface area (Å²) in [6, 6.07) is 0. The molecule has 0 heterocycles. The van der Waals surface area contributed by atoms with Gasteiger partial charge in [0.05, 0.1) is 20.5 Å². The van der Waals surface area contributed by atoms with Crippen LogP contribution in [0.5, 0.6) is 0 Å². The molecular weight excluding hydrogens is 1370 g/mol. The molecule has 0 aromatic rings. The number of rotatable bonds is 6. The number of hydrogen-bond donors (Lipinski definition) is 8. The van der Waals surface area contributed by atoms with E-state index in [2.05, 4.69) is 152 Å². The summed E-state index contributed by atoms with van der Waals surface area (Å²) in [7, 11) is 0. The van der Waals surface area contributed by atoms with Gasteiger partial charge in [-0.25, -0.2) is 0 Å². The Labute approximate surface area is 454 Å². The van der Waals surface area contributed by atoms with Gasteiger partial charge in [-0.05, 0) is 0 Å². The van der Waals surface area contributed by atoms with Crippen molar-refractivity contribution < 1.29 is 247 Å². The monoisotopic (exact) mass is 1410 g/mol. The first-order valence-electron chi connectivity index (χ1n) is 7.42. The molecule has 37 heteroatoms. The Hall–Kier alpha value is 6.24. The zero-order valence-corrected chi connectivity index (χ0v) is 39.0. The molecule has 0 aliphatic rings. The molecule has 0 aromatic carbocycles. The van der Waals surface area contributed by atoms with Crippen LogP contribution < -0.4 is 0 Å². The molecular formula is C12H40Ni3O20S12Yb2-4. The Kier molecular flexibility index (Phi) is 218. The summed E-state index contributed by atoms with van der Waals surface area (Å²) >= 11 is 48.1. The average Bonchev–Trinajstić information content (AvgIpc) is 2.69. The van der Waals surface area contributed by atoms with Gasteiger partial charge in [0.2, 0.25) is 0 Å². The standard InChI is InChI=1S/4C2H6O2S2.2C2H2O2S2.3Ni.8H2O.2Yb/c6*3-1(5)2(4)6;;;;;;;;;;;;;/h4*1-6H;2*(H,3,5)(H,4,6);;;;8*1H2;;/p-4. The van der Waals surface area contributed by atoms with Crippen LogP contribution in [-0.4, -0.2) is 105 Å². The molecule has 0 fully saturated rings. The first-order chi connectivity index (χ1) is 15.9. The van der Waals surface area contributed by atoms with Crippen molar-refractivity contribution in [2.24, 2.45) is 0 Å². The zero-order valence-electron chi connectivity index (χ0n) is 22.8. The van der Waals surface area contributed by atoms with E-state index in [0.717, 1.165) is 0 Å². The summed E-state index contributed by atoms with van der Waals surface area (Å²) in [6.45, 7) is 0. The second kappa shape index (κ2) is 86.2. The molecule has 8 unspecified atom stereocenters. The molecule has 0 saturated carbocycles. The molecule has 8 atom stereocenters. The fourth-order valence-corrected chi connectivity index (χ4v) is 0. The average molecular weight is 1410 g/mol. The number of hydrogen-bond acceptors (Lipinski definition) is 24. The van der Waals surface area contributed by atoms with Crippen LogP contribution in [0.15, 0.2) is 0 Å². The maximum absolute atomic E-state index is 9.50. The molecule has 0 aromatic heterocycles. The van der Waals surface area contributed by atoms with Gasteiger partial charge in [0.25, 0.3) is 0 Å². The number of aliphatic hydroxyl groups is 8. The minimum absolute atomic E-state index is 0. The van der Waals surface area contributed by atoms with Crippen molar-refractivity contribution in [2.75, 3.05) is 0 Å². The molecule has 0 spiro atoms. The van der Waals surface area contributed by atoms with Crippen molar-refractivity contribution in [3.05, 3.63) is 0 Å². The maximum atomic E-state index is 9.50. The summed E-state index contributed by atoms with van der Waals surface area (Å²) in [6.07, 6.45) is 0. The van der Waals surface area contributed by atoms with E-state index in [4.69, 9.17) is 40.9 Å². The van der Waals surface area contributed by atoms with Gasteiger partial charge in [0.15, 0.2) is 0 Å². The smallest absolute Gasteiger partial charge is 0.0550 e. The third kappa shape index (κ3) is 162. The largest absolute Gasteiger partial charge is 0.761 e. The molecule has 0 amide bonds. The van der Waals surface area contributed by atoms with Crippen LogP contribution in [0.2, 0.25) is 0 Å². The van der Waals surface area contributed by atoms with Gasteiger partial charge < -0.3 is 255 Å². The van der Waals surface area contributed by atoms with Crippen molar-refractivity contribution in [2.45, 2.75) is 43.5 Å². The third-order valence-electron chi connectivity index (χ3n) is 1.31. The Bertz CT molecular complexity index is 480. The molecule has 0 bridgehead atoms. The maximum Gasteiger partial charge on any atom is 0.0550 e. The molecule has 0 radical (unpaired) electrons. The van der Waals surface area contributed by atoms with Gasteiger partial charge in [-0.2, -0.15) is 0 Å². The zero-order chi connectivity index (χ0) is 30.9. The van der Waals surface area contributed by atoms with Crippen LogP contribution in [0.3, 0.4) is 0 Å². The van der Waals surface area contributed by atoms with Gasteiger partial charge in [0, 0.05) is 143 Å². The van der Waals surface area contributed by atoms with Crippen LogP contribution in [0.25, 0.3) is 0 Å². The van der Waals surface area contributed by atoms with E-state index >= 15 is 0 Å². The summed E-state index contributed by atoms with van der Waals surface area (Å²) in [5.41, 5.74) is -9.56. The minimum atomic E-state index is -1.19. The first-order valence-corrected chi connectivity index (χ1v) is 12.8. The van der Waals surface area contributed by atoms with E-state index in [1.54, 1.807) is 0 Å². The fraction of sp³-hybridized carbons (Fsp3) is 0.667. The van der Waals surface area contributed by atoms with E-state index in [9.17, 15) is 19.2 Å². The van der Waals surface area contributed by atoms with Crippen molar-refractivity contribution in [1.29, 1.82) is 0 Å². The van der Waals surface area contributed by atoms with Crippen LogP contribution in [0, 0.1) is 93.8 Å². The molecule has 32 N–H and O–H groups in total. The molecule has 49 heavy (non-hydrogen) atoms. The molecule has 20 nitrogen and oxygen atoms in total. The van der Waals surface area contributed by atoms with Crippen molar-refractivity contribution >= 4 is 172 Å². The van der Waals surface area contributed by atoms with E-state index in [1.165, 1.54) is 0 Å². The molecule has 0 aliphatic heterocycles. The third-order valence-corrected chi connectivity index (χ3v) is 5.06. The topological polar surface area (TPSA) is 494 Å². The second-order valence-electron chi connectivity index (χ2n) is 4.27. The predicted molar refractivity (Wildman–Crippen MR) is 195 cm³/mol. The molecule has 0 saturated heterocycles. The van der Waals surface area contributed by atoms with E-state index in [0.29, 0.717) is 0 Å². The van der Waals surface area contributed by atoms with E-state index < -0.39 is 63.9 Å². The quantitative estimate of drug-likeness (QED) is 0.0530. The number of carbonyl (C=O) groups excluding carboxylic acids is 4. The van der Waals surface area contributed by atoms with Gasteiger partial charge in [0.1, 0.15) is 0 Å². The molecule has 0 rings (SSSR count). The van der Waals surface area contributed by atoms with Gasteiger partial charge in [-0.3, -0.25) is 0 Å². The van der Waals surface area contributed by atoms with Gasteiger partial charge >= 0.3 is 0 Å². The van der Waals surface area contributed by atoms with Crippen LogP contribution >= 0.6 is 0 Å². The Balaban J connectivity index is -0.0000000123. The predicted octanol–water partition coefficient (Wildman–Crippen LogP) is -14.2. The van der Waals surface area contributed by atoms with Gasteiger partial charge in [-0.1, -0.05) is 43.5 Å². The van der Waals surface area contributed by atoms with E-state index in [-0.39, 0.29) is 187 Å². The Morgan fingerprint density at radius 1 is 0.286 bits per heavy atom. The summed E-state index contributed by atoms with van der Waals surface area (Å²) in [5.74, 6) is 0. The van der Waals surface area contributed by atoms with Crippen molar-refractivity contribution in [3.63, 3.8) is 0 Å². The number of aliphatic hydroxyl groups excluding tert-OH is 8. The Morgan fingerprint density at radius 2 is 0.327 bits per heavy atom. The molecule has 342 valence electrons. The second-order valence-corrected chi connectivity index (χ2v) is 9.62. The summed E-state index contributed by atoms with van der Waals surface area (Å²) in [4.78, 5) is 38.0. The fourth-order valence-electron chi connectivity index (χ4n) is 0. The van der Waals surface area contributed by atoms with Crippen molar-refractivity contribution in [3.8, 4) is 0 Å². The summed E-state index contributed by atoms with van der Waals surface area (Å²) < 4.78 is 0. The van der Waals surface area contributed by atoms with E-state index in [1.807, 2.05) is 0 Å².